The van der Waals surface area contributed by atoms with Crippen molar-refractivity contribution in [2.24, 2.45) is 0 Å². The van der Waals surface area contributed by atoms with Gasteiger partial charge in [0.05, 0.1) is 13.2 Å². The molecule has 1 aliphatic rings. The highest BCUT2D eigenvalue weighted by molar-refractivity contribution is 5.99. The molecule has 3 N–H and O–H groups in total. The molecule has 0 amide bonds. The Balaban J connectivity index is 1.46. The molecule has 2 heterocycles. The average molecular weight is 366 g/mol. The van der Waals surface area contributed by atoms with Crippen LogP contribution in [0.3, 0.4) is 0 Å². The lowest BCUT2D eigenvalue weighted by Gasteiger charge is -2.26. The molecule has 2 aromatic carbocycles. The zero-order valence-electron chi connectivity index (χ0n) is 15.1. The fourth-order valence-electron chi connectivity index (χ4n) is 3.42. The summed E-state index contributed by atoms with van der Waals surface area (Å²) in [6, 6.07) is 13.2. The molecule has 1 fully saturated rings. The molecule has 0 aliphatic carbocycles. The minimum Gasteiger partial charge on any atom is -0.383 e. The molecule has 0 atom stereocenters. The molecular weight excluding hydrogens is 343 g/mol. The van der Waals surface area contributed by atoms with Gasteiger partial charge in [0.15, 0.2) is 0 Å². The quantitative estimate of drug-likeness (QED) is 0.725. The number of anilines is 2. The predicted molar refractivity (Wildman–Crippen MR) is 106 cm³/mol. The van der Waals surface area contributed by atoms with E-state index in [1.165, 1.54) is 0 Å². The fraction of sp³-hybridized carbons (Fsp3) is 0.286. The predicted octanol–water partition coefficient (Wildman–Crippen LogP) is 3.40. The van der Waals surface area contributed by atoms with E-state index in [1.54, 1.807) is 12.3 Å². The topological polar surface area (TPSA) is 63.4 Å². The summed E-state index contributed by atoms with van der Waals surface area (Å²) in [5, 5.41) is 5.20. The number of morpholine rings is 1. The number of halogens is 1. The molecule has 1 aromatic heterocycles. The van der Waals surface area contributed by atoms with Crippen LogP contribution >= 0.6 is 0 Å². The van der Waals surface area contributed by atoms with Crippen LogP contribution in [0, 0.1) is 5.82 Å². The van der Waals surface area contributed by atoms with E-state index in [9.17, 15) is 4.39 Å². The first-order valence-electron chi connectivity index (χ1n) is 9.15. The minimum absolute atomic E-state index is 0.185. The molecule has 1 aliphatic heterocycles. The Labute approximate surface area is 158 Å². The molecule has 140 valence electrons. The normalized spacial score (nSPS) is 15.1. The van der Waals surface area contributed by atoms with Crippen molar-refractivity contribution < 1.29 is 9.13 Å². The number of nitrogen functional groups attached to an aromatic ring is 1. The van der Waals surface area contributed by atoms with E-state index in [2.05, 4.69) is 15.2 Å². The van der Waals surface area contributed by atoms with Gasteiger partial charge < -0.3 is 15.8 Å². The van der Waals surface area contributed by atoms with Crippen molar-refractivity contribution in [2.75, 3.05) is 37.4 Å². The number of benzene rings is 2. The standard InChI is InChI=1S/C21H23FN4O/c22-19-12-15(14-26-8-10-27-11-9-26)4-5-16(19)13-25-20-3-1-2-18-17(20)6-7-24-21(18)23/h1-7,12,25H,8-11,13-14H2,(H2,23,24). The maximum Gasteiger partial charge on any atom is 0.131 e. The lowest BCUT2D eigenvalue weighted by molar-refractivity contribution is 0.0341. The van der Waals surface area contributed by atoms with Crippen LogP contribution in [0.5, 0.6) is 0 Å². The van der Waals surface area contributed by atoms with Crippen molar-refractivity contribution in [1.29, 1.82) is 0 Å². The summed E-state index contributed by atoms with van der Waals surface area (Å²) >= 11 is 0. The van der Waals surface area contributed by atoms with Crippen LogP contribution in [0.2, 0.25) is 0 Å². The summed E-state index contributed by atoms with van der Waals surface area (Å²) in [5.74, 6) is 0.310. The van der Waals surface area contributed by atoms with Gasteiger partial charge in [0, 0.05) is 54.4 Å². The first kappa shape index (κ1) is 17.7. The van der Waals surface area contributed by atoms with Gasteiger partial charge in [-0.15, -0.1) is 0 Å². The second kappa shape index (κ2) is 7.90. The highest BCUT2D eigenvalue weighted by Crippen LogP contribution is 2.26. The lowest BCUT2D eigenvalue weighted by Crippen LogP contribution is -2.35. The van der Waals surface area contributed by atoms with Crippen LogP contribution in [-0.2, 0) is 17.8 Å². The first-order valence-corrected chi connectivity index (χ1v) is 9.15. The number of hydrogen-bond donors (Lipinski definition) is 2. The summed E-state index contributed by atoms with van der Waals surface area (Å²) in [4.78, 5) is 6.40. The molecule has 0 unspecified atom stereocenters. The number of ether oxygens (including phenoxy) is 1. The van der Waals surface area contributed by atoms with E-state index in [1.807, 2.05) is 36.4 Å². The van der Waals surface area contributed by atoms with Gasteiger partial charge in [0.1, 0.15) is 11.6 Å². The van der Waals surface area contributed by atoms with E-state index >= 15 is 0 Å². The monoisotopic (exact) mass is 366 g/mol. The fourth-order valence-corrected chi connectivity index (χ4v) is 3.42. The van der Waals surface area contributed by atoms with Gasteiger partial charge in [-0.25, -0.2) is 9.37 Å². The van der Waals surface area contributed by atoms with Crippen molar-refractivity contribution >= 4 is 22.3 Å². The summed E-state index contributed by atoms with van der Waals surface area (Å²) in [5.41, 5.74) is 8.48. The maximum atomic E-state index is 14.6. The smallest absolute Gasteiger partial charge is 0.131 e. The number of hydrogen-bond acceptors (Lipinski definition) is 5. The minimum atomic E-state index is -0.185. The molecule has 5 nitrogen and oxygen atoms in total. The molecule has 0 spiro atoms. The van der Waals surface area contributed by atoms with E-state index in [0.29, 0.717) is 17.9 Å². The van der Waals surface area contributed by atoms with Gasteiger partial charge in [-0.3, -0.25) is 4.90 Å². The van der Waals surface area contributed by atoms with Crippen LogP contribution in [-0.4, -0.2) is 36.2 Å². The van der Waals surface area contributed by atoms with Crippen molar-refractivity contribution in [3.63, 3.8) is 0 Å². The summed E-state index contributed by atoms with van der Waals surface area (Å²) in [6.07, 6.45) is 1.68. The maximum absolute atomic E-state index is 14.6. The summed E-state index contributed by atoms with van der Waals surface area (Å²) in [7, 11) is 0. The molecule has 4 rings (SSSR count). The molecular formula is C21H23FN4O. The molecule has 6 heteroatoms. The van der Waals surface area contributed by atoms with E-state index in [-0.39, 0.29) is 5.82 Å². The Hall–Kier alpha value is -2.70. The Kier molecular flexibility index (Phi) is 5.18. The number of fused-ring (bicyclic) bond motifs is 1. The highest BCUT2D eigenvalue weighted by atomic mass is 19.1. The lowest BCUT2D eigenvalue weighted by atomic mass is 10.1. The van der Waals surface area contributed by atoms with Crippen LogP contribution in [0.25, 0.3) is 10.8 Å². The molecule has 0 radical (unpaired) electrons. The number of aromatic nitrogens is 1. The summed E-state index contributed by atoms with van der Waals surface area (Å²) < 4.78 is 19.9. The SMILES string of the molecule is Nc1nccc2c(NCc3ccc(CN4CCOCC4)cc3F)cccc12. The first-order chi connectivity index (χ1) is 13.2. The van der Waals surface area contributed by atoms with Crippen molar-refractivity contribution in [1.82, 2.24) is 9.88 Å². The van der Waals surface area contributed by atoms with E-state index in [0.717, 1.165) is 54.9 Å². The van der Waals surface area contributed by atoms with Crippen molar-refractivity contribution in [3.05, 3.63) is 65.6 Å². The molecule has 0 saturated carbocycles. The Morgan fingerprint density at radius 1 is 1.11 bits per heavy atom. The van der Waals surface area contributed by atoms with Crippen LogP contribution < -0.4 is 11.1 Å². The van der Waals surface area contributed by atoms with E-state index < -0.39 is 0 Å². The Bertz CT molecular complexity index is 941. The third-order valence-corrected chi connectivity index (χ3v) is 4.93. The van der Waals surface area contributed by atoms with Crippen LogP contribution in [0.4, 0.5) is 15.9 Å². The molecule has 1 saturated heterocycles. The number of nitrogens with zero attached hydrogens (tertiary/aromatic N) is 2. The Morgan fingerprint density at radius 3 is 2.78 bits per heavy atom. The number of nitrogens with two attached hydrogens (primary N) is 1. The van der Waals surface area contributed by atoms with Gasteiger partial charge in [-0.1, -0.05) is 24.3 Å². The second-order valence-corrected chi connectivity index (χ2v) is 6.76. The highest BCUT2D eigenvalue weighted by Gasteiger charge is 2.12. The van der Waals surface area contributed by atoms with Gasteiger partial charge in [-0.05, 0) is 23.8 Å². The second-order valence-electron chi connectivity index (χ2n) is 6.76. The third kappa shape index (κ3) is 4.02. The largest absolute Gasteiger partial charge is 0.383 e. The molecule has 27 heavy (non-hydrogen) atoms. The van der Waals surface area contributed by atoms with Crippen molar-refractivity contribution in [2.45, 2.75) is 13.1 Å². The van der Waals surface area contributed by atoms with E-state index in [4.69, 9.17) is 10.5 Å². The Morgan fingerprint density at radius 2 is 1.96 bits per heavy atom. The number of nitrogens with one attached hydrogen (secondary N) is 1. The van der Waals surface area contributed by atoms with Gasteiger partial charge in [0.25, 0.3) is 0 Å². The molecule has 0 bridgehead atoms. The van der Waals surface area contributed by atoms with Gasteiger partial charge in [0.2, 0.25) is 0 Å². The average Bonchev–Trinajstić information content (AvgIpc) is 2.69. The number of rotatable bonds is 5. The number of pyridine rings is 1. The van der Waals surface area contributed by atoms with Crippen LogP contribution in [0.15, 0.2) is 48.7 Å². The zero-order valence-corrected chi connectivity index (χ0v) is 15.1. The van der Waals surface area contributed by atoms with Gasteiger partial charge >= 0.3 is 0 Å². The van der Waals surface area contributed by atoms with Crippen molar-refractivity contribution in [3.8, 4) is 0 Å². The third-order valence-electron chi connectivity index (χ3n) is 4.93. The van der Waals surface area contributed by atoms with Gasteiger partial charge in [-0.2, -0.15) is 0 Å². The van der Waals surface area contributed by atoms with Crippen LogP contribution in [0.1, 0.15) is 11.1 Å². The zero-order chi connectivity index (χ0) is 18.6. The summed E-state index contributed by atoms with van der Waals surface area (Å²) in [6.45, 7) is 4.44. The molecule has 3 aromatic rings.